The molecular weight excluding hydrogens is 678 g/mol. The molecule has 1 aromatic heterocycles. The van der Waals surface area contributed by atoms with Gasteiger partial charge in [-0.1, -0.05) is 22.9 Å². The van der Waals surface area contributed by atoms with Crippen LogP contribution in [-0.4, -0.2) is 78.3 Å². The first-order chi connectivity index (χ1) is 23.2. The number of amides is 3. The van der Waals surface area contributed by atoms with Gasteiger partial charge >= 0.3 is 10.8 Å². The molecule has 7 atom stereocenters. The maximum atomic E-state index is 14.2. The Balaban J connectivity index is 1.13. The van der Waals surface area contributed by atoms with Crippen molar-refractivity contribution < 1.29 is 33.4 Å². The van der Waals surface area contributed by atoms with Gasteiger partial charge in [-0.25, -0.2) is 4.79 Å². The van der Waals surface area contributed by atoms with Crippen LogP contribution in [0.15, 0.2) is 52.3 Å². The van der Waals surface area contributed by atoms with E-state index < -0.39 is 17.8 Å². The zero-order valence-corrected chi connectivity index (χ0v) is 28.3. The summed E-state index contributed by atoms with van der Waals surface area (Å²) < 4.78 is 16.7. The summed E-state index contributed by atoms with van der Waals surface area (Å²) in [5.41, 5.74) is 1.53. The molecule has 2 saturated carbocycles. The lowest BCUT2D eigenvalue weighted by molar-refractivity contribution is -0.137. The molecule has 8 rings (SSSR count). The minimum atomic E-state index is -0.514. The van der Waals surface area contributed by atoms with Gasteiger partial charge in [0.05, 0.1) is 47.9 Å². The third-order valence-corrected chi connectivity index (χ3v) is 13.2. The molecule has 11 nitrogen and oxygen atoms in total. The first kappa shape index (κ1) is 31.6. The number of morpholine rings is 1. The zero-order chi connectivity index (χ0) is 33.3. The van der Waals surface area contributed by atoms with Gasteiger partial charge in [-0.05, 0) is 73.6 Å². The molecule has 3 aliphatic heterocycles. The summed E-state index contributed by atoms with van der Waals surface area (Å²) in [6.45, 7) is 3.79. The quantitative estimate of drug-likeness (QED) is 0.283. The number of thiazole rings is 1. The minimum Gasteiger partial charge on any atom is -0.483 e. The lowest BCUT2D eigenvalue weighted by atomic mass is 9.68. The number of rotatable bonds is 7. The van der Waals surface area contributed by atoms with Crippen LogP contribution in [0.3, 0.4) is 0 Å². The van der Waals surface area contributed by atoms with E-state index in [1.807, 2.05) is 6.07 Å². The third-order valence-electron chi connectivity index (χ3n) is 10.4. The second kappa shape index (κ2) is 12.3. The highest BCUT2D eigenvalue weighted by Crippen LogP contribution is 2.69. The number of anilines is 1. The van der Waals surface area contributed by atoms with Gasteiger partial charge in [-0.3, -0.25) is 24.1 Å². The molecule has 250 valence electrons. The molecule has 1 N–H and O–H groups in total. The Morgan fingerprint density at radius 3 is 2.48 bits per heavy atom. The van der Waals surface area contributed by atoms with Crippen molar-refractivity contribution >= 4 is 64.1 Å². The summed E-state index contributed by atoms with van der Waals surface area (Å²) in [7, 11) is 0. The number of carbonyl (C=O) groups excluding carboxylic acids is 4. The molecule has 5 aliphatic rings. The Morgan fingerprint density at radius 2 is 1.75 bits per heavy atom. The average molecular weight is 710 g/mol. The molecule has 4 fully saturated rings. The van der Waals surface area contributed by atoms with Crippen LogP contribution < -0.4 is 14.5 Å². The predicted octanol–water partition coefficient (Wildman–Crippen LogP) is 4.18. The highest BCUT2D eigenvalue weighted by molar-refractivity contribution is 8.00. The van der Waals surface area contributed by atoms with Crippen molar-refractivity contribution in [3.05, 3.63) is 73.2 Å². The van der Waals surface area contributed by atoms with Crippen molar-refractivity contribution in [1.29, 1.82) is 0 Å². The molecule has 2 aliphatic carbocycles. The molecular formula is C34H32ClN3O8S2. The number of halogens is 1. The summed E-state index contributed by atoms with van der Waals surface area (Å²) in [4.78, 5) is 72.9. The summed E-state index contributed by atoms with van der Waals surface area (Å²) in [6.07, 6.45) is 0.715. The largest absolute Gasteiger partial charge is 0.483 e. The number of nitrogens with one attached hydrogen (secondary N) is 1. The third kappa shape index (κ3) is 5.08. The molecule has 4 unspecified atom stereocenters. The van der Waals surface area contributed by atoms with Crippen LogP contribution in [0.1, 0.15) is 40.1 Å². The number of aromatic nitrogens is 1. The molecule has 2 aromatic carbocycles. The number of hydrogen-bond donors (Lipinski definition) is 1. The fraction of sp³-hybridized carbons (Fsp3) is 0.441. The Labute approximate surface area is 288 Å². The van der Waals surface area contributed by atoms with E-state index >= 15 is 0 Å². The van der Waals surface area contributed by atoms with Gasteiger partial charge in [0, 0.05) is 39.7 Å². The number of thioether (sulfide) groups is 1. The van der Waals surface area contributed by atoms with Crippen LogP contribution in [0.2, 0.25) is 5.02 Å². The van der Waals surface area contributed by atoms with Crippen molar-refractivity contribution in [3.8, 4) is 5.75 Å². The number of ether oxygens (including phenoxy) is 3. The average Bonchev–Trinajstić information content (AvgIpc) is 3.83. The second-order valence-corrected chi connectivity index (χ2v) is 15.3. The van der Waals surface area contributed by atoms with E-state index in [-0.39, 0.29) is 64.7 Å². The molecule has 0 radical (unpaired) electrons. The fourth-order valence-corrected chi connectivity index (χ4v) is 11.6. The topological polar surface area (TPSA) is 135 Å². The minimum absolute atomic E-state index is 0.0382. The van der Waals surface area contributed by atoms with Crippen LogP contribution in [0, 0.1) is 29.6 Å². The van der Waals surface area contributed by atoms with Crippen molar-refractivity contribution in [2.24, 2.45) is 29.6 Å². The first-order valence-electron chi connectivity index (χ1n) is 16.1. The molecule has 4 heterocycles. The Kier molecular flexibility index (Phi) is 8.13. The first-order valence-corrected chi connectivity index (χ1v) is 18.1. The number of benzene rings is 2. The normalized spacial score (nSPS) is 28.7. The van der Waals surface area contributed by atoms with Gasteiger partial charge in [0.15, 0.2) is 6.61 Å². The molecule has 48 heavy (non-hydrogen) atoms. The standard InChI is InChI=1S/C34H32ClN3O8S2/c1-2-45-33(42)16-3-6-18(7-4-16)38-31(40)26-20-14-21(27(26)32(38)41)28-25(20)24(29-30(47-28)36-34(43)48-29)19-13-17(35)5-8-22(19)46-15-23(39)37-9-11-44-12-10-37/h3-8,13,20-21,24-28H,2,9-12,14-15H2,1H3,(H,36,43)/t20-,21-,24-,25?,26?,27?,28?/m1/s1. The maximum absolute atomic E-state index is 14.2. The number of carbonyl (C=O) groups is 4. The summed E-state index contributed by atoms with van der Waals surface area (Å²) in [5.74, 6) is -2.20. The molecule has 2 saturated heterocycles. The van der Waals surface area contributed by atoms with Crippen LogP contribution in [0.25, 0.3) is 0 Å². The Hall–Kier alpha value is -3.65. The van der Waals surface area contributed by atoms with Crippen LogP contribution in [0.5, 0.6) is 5.75 Å². The van der Waals surface area contributed by atoms with Gasteiger partial charge in [0.1, 0.15) is 5.75 Å². The molecule has 14 heteroatoms. The fourth-order valence-electron chi connectivity index (χ4n) is 8.52. The Morgan fingerprint density at radius 1 is 1.02 bits per heavy atom. The van der Waals surface area contributed by atoms with Crippen LogP contribution in [0.4, 0.5) is 5.69 Å². The van der Waals surface area contributed by atoms with Crippen molar-refractivity contribution in [2.45, 2.75) is 29.5 Å². The number of imide groups is 1. The van der Waals surface area contributed by atoms with E-state index in [0.717, 1.165) is 26.8 Å². The molecule has 3 aromatic rings. The highest BCUT2D eigenvalue weighted by Gasteiger charge is 2.70. The second-order valence-electron chi connectivity index (χ2n) is 12.7. The number of aromatic amines is 1. The number of esters is 1. The summed E-state index contributed by atoms with van der Waals surface area (Å²) >= 11 is 9.32. The van der Waals surface area contributed by atoms with Crippen molar-refractivity contribution in [2.75, 3.05) is 44.4 Å². The smallest absolute Gasteiger partial charge is 0.338 e. The van der Waals surface area contributed by atoms with Gasteiger partial charge in [0.25, 0.3) is 5.91 Å². The number of nitrogens with zero attached hydrogens (tertiary/aromatic N) is 2. The summed E-state index contributed by atoms with van der Waals surface area (Å²) in [6, 6.07) is 11.7. The highest BCUT2D eigenvalue weighted by atomic mass is 35.5. The van der Waals surface area contributed by atoms with Crippen molar-refractivity contribution in [1.82, 2.24) is 9.88 Å². The van der Waals surface area contributed by atoms with E-state index in [4.69, 9.17) is 25.8 Å². The lowest BCUT2D eigenvalue weighted by Crippen LogP contribution is -2.43. The molecule has 3 amide bonds. The Bertz CT molecular complexity index is 1870. The summed E-state index contributed by atoms with van der Waals surface area (Å²) in [5, 5.41) is 1.21. The maximum Gasteiger partial charge on any atom is 0.338 e. The SMILES string of the molecule is CCOC(=O)c1ccc(N2C(=O)C3C(C2=O)[C@@H]2C[C@H]3C3Sc4[nH]c(=O)sc4[C@H](c4cc(Cl)ccc4OCC(=O)N4CCOCC4)C32)cc1. The number of H-pyrrole nitrogens is 1. The van der Waals surface area contributed by atoms with Crippen LogP contribution >= 0.6 is 34.7 Å². The van der Waals surface area contributed by atoms with Gasteiger partial charge in [-0.2, -0.15) is 0 Å². The van der Waals surface area contributed by atoms with E-state index in [0.29, 0.717) is 54.7 Å². The lowest BCUT2D eigenvalue weighted by Gasteiger charge is -2.43. The van der Waals surface area contributed by atoms with Gasteiger partial charge in [-0.15, -0.1) is 11.8 Å². The van der Waals surface area contributed by atoms with E-state index in [1.54, 1.807) is 60.0 Å². The van der Waals surface area contributed by atoms with Gasteiger partial charge in [0.2, 0.25) is 11.8 Å². The number of fused-ring (bicyclic) bond motifs is 9. The zero-order valence-electron chi connectivity index (χ0n) is 25.9. The van der Waals surface area contributed by atoms with E-state index in [1.165, 1.54) is 4.90 Å². The molecule has 2 bridgehead atoms. The van der Waals surface area contributed by atoms with E-state index in [9.17, 15) is 24.0 Å². The van der Waals surface area contributed by atoms with E-state index in [2.05, 4.69) is 4.98 Å². The predicted molar refractivity (Wildman–Crippen MR) is 178 cm³/mol. The van der Waals surface area contributed by atoms with Crippen molar-refractivity contribution in [3.63, 3.8) is 0 Å². The monoisotopic (exact) mass is 709 g/mol. The molecule has 0 spiro atoms. The number of hydrogen-bond acceptors (Lipinski definition) is 10. The van der Waals surface area contributed by atoms with Gasteiger partial charge < -0.3 is 24.1 Å². The van der Waals surface area contributed by atoms with Crippen LogP contribution in [-0.2, 0) is 23.9 Å².